The van der Waals surface area contributed by atoms with Crippen molar-refractivity contribution in [2.45, 2.75) is 19.4 Å². The molecule has 6 heteroatoms. The molecule has 0 aliphatic rings. The Morgan fingerprint density at radius 3 is 2.52 bits per heavy atom. The van der Waals surface area contributed by atoms with Gasteiger partial charge in [-0.05, 0) is 30.2 Å². The second kappa shape index (κ2) is 6.56. The van der Waals surface area contributed by atoms with E-state index in [-0.39, 0.29) is 11.4 Å². The molecule has 0 saturated heterocycles. The van der Waals surface area contributed by atoms with E-state index in [0.717, 1.165) is 5.56 Å². The number of rotatable bonds is 5. The standard InChI is InChI=1S/C15H14ClNO4/c1-2-14(18)10-3-6-12(7-4-10)21-15-9-11(16)5-8-13(15)17(19)20/h3-9,14,18H,2H2,1H3/t14-/m0/s1. The highest BCUT2D eigenvalue weighted by Gasteiger charge is 2.16. The average Bonchev–Trinajstić information content (AvgIpc) is 2.47. The van der Waals surface area contributed by atoms with Gasteiger partial charge in [0.15, 0.2) is 0 Å². The molecule has 1 N–H and O–H groups in total. The van der Waals surface area contributed by atoms with Crippen LogP contribution in [0, 0.1) is 10.1 Å². The van der Waals surface area contributed by atoms with Crippen LogP contribution in [0.25, 0.3) is 0 Å². The van der Waals surface area contributed by atoms with Gasteiger partial charge < -0.3 is 9.84 Å². The molecule has 0 amide bonds. The summed E-state index contributed by atoms with van der Waals surface area (Å²) in [4.78, 5) is 10.4. The summed E-state index contributed by atoms with van der Waals surface area (Å²) in [6.45, 7) is 1.88. The van der Waals surface area contributed by atoms with Crippen molar-refractivity contribution in [1.29, 1.82) is 0 Å². The van der Waals surface area contributed by atoms with Gasteiger partial charge in [-0.1, -0.05) is 30.7 Å². The molecule has 21 heavy (non-hydrogen) atoms. The van der Waals surface area contributed by atoms with E-state index in [1.807, 2.05) is 6.92 Å². The minimum atomic E-state index is -0.528. The highest BCUT2D eigenvalue weighted by Crippen LogP contribution is 2.34. The van der Waals surface area contributed by atoms with Crippen molar-refractivity contribution in [3.05, 3.63) is 63.2 Å². The fourth-order valence-electron chi connectivity index (χ4n) is 1.84. The molecule has 110 valence electrons. The largest absolute Gasteiger partial charge is 0.450 e. The van der Waals surface area contributed by atoms with E-state index < -0.39 is 11.0 Å². The van der Waals surface area contributed by atoms with Crippen LogP contribution in [-0.4, -0.2) is 10.0 Å². The smallest absolute Gasteiger partial charge is 0.311 e. The van der Waals surface area contributed by atoms with Crippen LogP contribution in [0.5, 0.6) is 11.5 Å². The maximum Gasteiger partial charge on any atom is 0.311 e. The average molecular weight is 308 g/mol. The molecular formula is C15H14ClNO4. The SMILES string of the molecule is CC[C@H](O)c1ccc(Oc2cc(Cl)ccc2[N+](=O)[O-])cc1. The molecule has 0 saturated carbocycles. The minimum Gasteiger partial charge on any atom is -0.450 e. The zero-order valence-electron chi connectivity index (χ0n) is 11.3. The van der Waals surface area contributed by atoms with Crippen molar-refractivity contribution in [1.82, 2.24) is 0 Å². The third-order valence-corrected chi connectivity index (χ3v) is 3.23. The molecule has 0 fully saturated rings. The molecule has 0 aliphatic carbocycles. The van der Waals surface area contributed by atoms with Gasteiger partial charge in [-0.2, -0.15) is 0 Å². The van der Waals surface area contributed by atoms with Crippen molar-refractivity contribution in [3.8, 4) is 11.5 Å². The Balaban J connectivity index is 2.26. The normalized spacial score (nSPS) is 12.0. The fourth-order valence-corrected chi connectivity index (χ4v) is 2.00. The second-order valence-corrected chi connectivity index (χ2v) is 4.90. The monoisotopic (exact) mass is 307 g/mol. The van der Waals surface area contributed by atoms with Gasteiger partial charge in [0, 0.05) is 17.2 Å². The number of aliphatic hydroxyl groups excluding tert-OH is 1. The van der Waals surface area contributed by atoms with Crippen molar-refractivity contribution in [3.63, 3.8) is 0 Å². The van der Waals surface area contributed by atoms with Crippen molar-refractivity contribution < 1.29 is 14.8 Å². The third kappa shape index (κ3) is 3.71. The van der Waals surface area contributed by atoms with Gasteiger partial charge in [-0.3, -0.25) is 10.1 Å². The van der Waals surface area contributed by atoms with Crippen molar-refractivity contribution >= 4 is 17.3 Å². The first-order chi connectivity index (χ1) is 10.0. The minimum absolute atomic E-state index is 0.0799. The van der Waals surface area contributed by atoms with E-state index in [4.69, 9.17) is 16.3 Å². The molecule has 0 spiro atoms. The fraction of sp³-hybridized carbons (Fsp3) is 0.200. The summed E-state index contributed by atoms with van der Waals surface area (Å²) in [5, 5.41) is 21.0. The summed E-state index contributed by atoms with van der Waals surface area (Å²) in [6, 6.07) is 10.9. The Labute approximate surface area is 126 Å². The highest BCUT2D eigenvalue weighted by molar-refractivity contribution is 6.30. The van der Waals surface area contributed by atoms with Gasteiger partial charge in [0.05, 0.1) is 11.0 Å². The summed E-state index contributed by atoms with van der Waals surface area (Å²) in [5.41, 5.74) is 0.613. The number of nitrogens with zero attached hydrogens (tertiary/aromatic N) is 1. The molecule has 0 radical (unpaired) electrons. The first kappa shape index (κ1) is 15.3. The number of aliphatic hydroxyl groups is 1. The first-order valence-corrected chi connectivity index (χ1v) is 6.79. The lowest BCUT2D eigenvalue weighted by molar-refractivity contribution is -0.385. The van der Waals surface area contributed by atoms with Gasteiger partial charge in [-0.15, -0.1) is 0 Å². The third-order valence-electron chi connectivity index (χ3n) is 3.00. The zero-order valence-corrected chi connectivity index (χ0v) is 12.1. The van der Waals surface area contributed by atoms with Crippen LogP contribution in [0.3, 0.4) is 0 Å². The van der Waals surface area contributed by atoms with Crippen LogP contribution in [-0.2, 0) is 0 Å². The number of benzene rings is 2. The van der Waals surface area contributed by atoms with Crippen LogP contribution in [0.15, 0.2) is 42.5 Å². The Morgan fingerprint density at radius 1 is 1.29 bits per heavy atom. The number of ether oxygens (including phenoxy) is 1. The molecule has 2 aromatic carbocycles. The number of nitro groups is 1. The molecule has 0 aromatic heterocycles. The van der Waals surface area contributed by atoms with E-state index in [2.05, 4.69) is 0 Å². The van der Waals surface area contributed by atoms with Crippen LogP contribution in [0.1, 0.15) is 25.0 Å². The van der Waals surface area contributed by atoms with Crippen molar-refractivity contribution in [2.75, 3.05) is 0 Å². The quantitative estimate of drug-likeness (QED) is 0.652. The molecule has 0 aliphatic heterocycles. The highest BCUT2D eigenvalue weighted by atomic mass is 35.5. The summed E-state index contributed by atoms with van der Waals surface area (Å²) in [7, 11) is 0. The molecule has 0 bridgehead atoms. The number of halogens is 1. The Morgan fingerprint density at radius 2 is 1.95 bits per heavy atom. The molecule has 0 unspecified atom stereocenters. The predicted molar refractivity (Wildman–Crippen MR) is 79.9 cm³/mol. The Kier molecular flexibility index (Phi) is 4.77. The van der Waals surface area contributed by atoms with Gasteiger partial charge >= 0.3 is 5.69 Å². The number of hydrogen-bond donors (Lipinski definition) is 1. The maximum absolute atomic E-state index is 11.0. The van der Waals surface area contributed by atoms with E-state index in [1.54, 1.807) is 24.3 Å². The first-order valence-electron chi connectivity index (χ1n) is 6.41. The van der Waals surface area contributed by atoms with Gasteiger partial charge in [0.25, 0.3) is 0 Å². The van der Waals surface area contributed by atoms with Crippen LogP contribution in [0.2, 0.25) is 5.02 Å². The molecule has 1 atom stereocenters. The Bertz CT molecular complexity index is 643. The van der Waals surface area contributed by atoms with E-state index in [0.29, 0.717) is 17.2 Å². The molecule has 0 heterocycles. The number of hydrogen-bond acceptors (Lipinski definition) is 4. The van der Waals surface area contributed by atoms with E-state index in [1.165, 1.54) is 18.2 Å². The Hall–Kier alpha value is -2.11. The summed E-state index contributed by atoms with van der Waals surface area (Å²) < 4.78 is 5.51. The molecule has 2 rings (SSSR count). The number of nitro benzene ring substituents is 1. The van der Waals surface area contributed by atoms with Crippen LogP contribution < -0.4 is 4.74 Å². The van der Waals surface area contributed by atoms with E-state index in [9.17, 15) is 15.2 Å². The van der Waals surface area contributed by atoms with Crippen LogP contribution >= 0.6 is 11.6 Å². The lowest BCUT2D eigenvalue weighted by Gasteiger charge is -2.10. The second-order valence-electron chi connectivity index (χ2n) is 4.46. The summed E-state index contributed by atoms with van der Waals surface area (Å²) in [5.74, 6) is 0.517. The van der Waals surface area contributed by atoms with Gasteiger partial charge in [0.2, 0.25) is 5.75 Å². The lowest BCUT2D eigenvalue weighted by atomic mass is 10.1. The van der Waals surface area contributed by atoms with E-state index >= 15 is 0 Å². The topological polar surface area (TPSA) is 72.6 Å². The van der Waals surface area contributed by atoms with Crippen LogP contribution in [0.4, 0.5) is 5.69 Å². The van der Waals surface area contributed by atoms with Gasteiger partial charge in [0.1, 0.15) is 5.75 Å². The van der Waals surface area contributed by atoms with Crippen molar-refractivity contribution in [2.24, 2.45) is 0 Å². The summed E-state index contributed by atoms with van der Waals surface area (Å²) in [6.07, 6.45) is 0.0829. The molecular weight excluding hydrogens is 294 g/mol. The predicted octanol–water partition coefficient (Wildman–Crippen LogP) is 4.48. The summed E-state index contributed by atoms with van der Waals surface area (Å²) >= 11 is 5.84. The lowest BCUT2D eigenvalue weighted by Crippen LogP contribution is -1.96. The zero-order chi connectivity index (χ0) is 15.4. The van der Waals surface area contributed by atoms with Gasteiger partial charge in [-0.25, -0.2) is 0 Å². The molecule has 2 aromatic rings. The maximum atomic E-state index is 11.0. The molecule has 5 nitrogen and oxygen atoms in total.